The van der Waals surface area contributed by atoms with Gasteiger partial charge in [0, 0.05) is 0 Å². The van der Waals surface area contributed by atoms with Crippen LogP contribution < -0.4 is 0 Å². The zero-order valence-electron chi connectivity index (χ0n) is 28.0. The van der Waals surface area contributed by atoms with Crippen LogP contribution in [0.15, 0.2) is 97.1 Å². The van der Waals surface area contributed by atoms with Crippen molar-refractivity contribution in [2.75, 3.05) is 0 Å². The quantitative estimate of drug-likeness (QED) is 0.193. The number of rotatable bonds is 8. The molecule has 0 atom stereocenters. The lowest BCUT2D eigenvalue weighted by atomic mass is 9.77. The van der Waals surface area contributed by atoms with Crippen molar-refractivity contribution in [2.45, 2.75) is 117 Å². The Balaban J connectivity index is 0.000000175. The lowest BCUT2D eigenvalue weighted by molar-refractivity contribution is 0.308. The van der Waals surface area contributed by atoms with Crippen molar-refractivity contribution in [2.24, 2.45) is 11.8 Å². The average molecular weight is 585 g/mol. The van der Waals surface area contributed by atoms with Gasteiger partial charge in [0.25, 0.3) is 0 Å². The van der Waals surface area contributed by atoms with Gasteiger partial charge in [0.1, 0.15) is 0 Å². The Morgan fingerprint density at radius 1 is 0.432 bits per heavy atom. The van der Waals surface area contributed by atoms with Gasteiger partial charge in [0.15, 0.2) is 0 Å². The fourth-order valence-corrected chi connectivity index (χ4v) is 7.55. The molecule has 0 unspecified atom stereocenters. The molecule has 0 aliphatic heterocycles. The molecular formula is C44H56. The van der Waals surface area contributed by atoms with Crippen molar-refractivity contribution >= 4 is 0 Å². The van der Waals surface area contributed by atoms with E-state index in [0.717, 1.165) is 36.5 Å². The number of hydrogen-bond donors (Lipinski definition) is 0. The third-order valence-electron chi connectivity index (χ3n) is 10.7. The molecule has 0 heteroatoms. The molecule has 0 spiro atoms. The van der Waals surface area contributed by atoms with Crippen LogP contribution in [0.2, 0.25) is 0 Å². The van der Waals surface area contributed by atoms with Gasteiger partial charge in [-0.15, -0.1) is 0 Å². The molecule has 2 fully saturated rings. The summed E-state index contributed by atoms with van der Waals surface area (Å²) in [6.45, 7) is 9.12. The summed E-state index contributed by atoms with van der Waals surface area (Å²) in [5.41, 5.74) is 11.3. The van der Waals surface area contributed by atoms with Gasteiger partial charge in [-0.25, -0.2) is 0 Å². The first-order chi connectivity index (χ1) is 21.6. The normalized spacial score (nSPS) is 21.7. The average Bonchev–Trinajstić information content (AvgIpc) is 3.10. The van der Waals surface area contributed by atoms with Crippen LogP contribution >= 0.6 is 0 Å². The monoisotopic (exact) mass is 584 g/mol. The summed E-state index contributed by atoms with van der Waals surface area (Å²) in [6.07, 6.45) is 16.1. The molecule has 0 heterocycles. The maximum absolute atomic E-state index is 2.39. The molecule has 0 amide bonds. The molecule has 2 aliphatic rings. The molecule has 0 saturated heterocycles. The summed E-state index contributed by atoms with van der Waals surface area (Å²) in [6, 6.07) is 36.6. The molecule has 0 bridgehead atoms. The fraction of sp³-hybridized carbons (Fsp3) is 0.455. The standard InChI is InChI=1S/C23H30.C21H26/c1-3-5-19-8-12-21(13-9-19)23-16-14-22(15-17-23)20-10-6-18(4-2)7-11-20;1-3-17-6-10-19(11-7-17)21-14-12-20(13-15-21)18-8-4-16(2)5-9-18/h6-7,10-11,14-17,19,21H,3-5,8-9,12-13H2,1-2H3;6-7,10-16,18H,3-5,8-9H2,1-2H3. The Hall–Kier alpha value is -3.12. The van der Waals surface area contributed by atoms with Crippen LogP contribution in [0.1, 0.15) is 126 Å². The minimum absolute atomic E-state index is 0.790. The maximum Gasteiger partial charge on any atom is -0.0162 e. The molecule has 44 heavy (non-hydrogen) atoms. The Morgan fingerprint density at radius 3 is 1.11 bits per heavy atom. The molecule has 232 valence electrons. The maximum atomic E-state index is 2.39. The van der Waals surface area contributed by atoms with Gasteiger partial charge < -0.3 is 0 Å². The van der Waals surface area contributed by atoms with Gasteiger partial charge in [-0.05, 0) is 120 Å². The summed E-state index contributed by atoms with van der Waals surface area (Å²) >= 11 is 0. The van der Waals surface area contributed by atoms with E-state index >= 15 is 0 Å². The van der Waals surface area contributed by atoms with Gasteiger partial charge in [-0.2, -0.15) is 0 Å². The zero-order valence-corrected chi connectivity index (χ0v) is 28.0. The second-order valence-electron chi connectivity index (χ2n) is 13.8. The molecule has 2 aliphatic carbocycles. The predicted molar refractivity (Wildman–Crippen MR) is 192 cm³/mol. The third-order valence-corrected chi connectivity index (χ3v) is 10.7. The van der Waals surface area contributed by atoms with E-state index in [9.17, 15) is 0 Å². The summed E-state index contributed by atoms with van der Waals surface area (Å²) in [5, 5.41) is 0. The van der Waals surface area contributed by atoms with E-state index in [4.69, 9.17) is 0 Å². The molecule has 4 aromatic rings. The first-order valence-corrected chi connectivity index (χ1v) is 17.9. The lowest BCUT2D eigenvalue weighted by Crippen LogP contribution is -2.13. The largest absolute Gasteiger partial charge is 0.0654 e. The minimum Gasteiger partial charge on any atom is -0.0654 e. The van der Waals surface area contributed by atoms with Gasteiger partial charge in [0.05, 0.1) is 0 Å². The summed E-state index contributed by atoms with van der Waals surface area (Å²) < 4.78 is 0. The Morgan fingerprint density at radius 2 is 0.773 bits per heavy atom. The highest BCUT2D eigenvalue weighted by atomic mass is 14.3. The minimum atomic E-state index is 0.790. The van der Waals surface area contributed by atoms with Crippen molar-refractivity contribution in [3.05, 3.63) is 119 Å². The van der Waals surface area contributed by atoms with Gasteiger partial charge in [-0.3, -0.25) is 0 Å². The summed E-state index contributed by atoms with van der Waals surface area (Å²) in [4.78, 5) is 0. The van der Waals surface area contributed by atoms with E-state index < -0.39 is 0 Å². The fourth-order valence-electron chi connectivity index (χ4n) is 7.55. The van der Waals surface area contributed by atoms with Crippen molar-refractivity contribution in [1.82, 2.24) is 0 Å². The van der Waals surface area contributed by atoms with E-state index in [1.54, 1.807) is 5.56 Å². The van der Waals surface area contributed by atoms with E-state index in [-0.39, 0.29) is 0 Å². The van der Waals surface area contributed by atoms with Crippen LogP contribution in [0.3, 0.4) is 0 Å². The number of benzene rings is 4. The smallest absolute Gasteiger partial charge is 0.0162 e. The first kappa shape index (κ1) is 32.3. The number of hydrogen-bond acceptors (Lipinski definition) is 0. The van der Waals surface area contributed by atoms with Crippen LogP contribution in [0.4, 0.5) is 0 Å². The first-order valence-electron chi connectivity index (χ1n) is 17.9. The van der Waals surface area contributed by atoms with E-state index in [1.165, 1.54) is 103 Å². The second-order valence-corrected chi connectivity index (χ2v) is 13.8. The Bertz CT molecular complexity index is 1360. The van der Waals surface area contributed by atoms with Crippen molar-refractivity contribution in [1.29, 1.82) is 0 Å². The molecule has 0 nitrogen and oxygen atoms in total. The van der Waals surface area contributed by atoms with E-state index in [1.807, 2.05) is 0 Å². The molecule has 0 N–H and O–H groups in total. The van der Waals surface area contributed by atoms with Crippen LogP contribution in [0.5, 0.6) is 0 Å². The van der Waals surface area contributed by atoms with Crippen LogP contribution in [-0.4, -0.2) is 0 Å². The molecule has 2 saturated carbocycles. The van der Waals surface area contributed by atoms with Crippen LogP contribution in [-0.2, 0) is 12.8 Å². The summed E-state index contributed by atoms with van der Waals surface area (Å²) in [7, 11) is 0. The number of aryl methyl sites for hydroxylation is 2. The van der Waals surface area contributed by atoms with Gasteiger partial charge >= 0.3 is 0 Å². The molecule has 0 radical (unpaired) electrons. The zero-order chi connectivity index (χ0) is 30.7. The Kier molecular flexibility index (Phi) is 11.9. The van der Waals surface area contributed by atoms with Crippen molar-refractivity contribution in [3.8, 4) is 22.3 Å². The van der Waals surface area contributed by atoms with Crippen LogP contribution in [0.25, 0.3) is 22.3 Å². The molecular weight excluding hydrogens is 528 g/mol. The topological polar surface area (TPSA) is 0 Å². The molecule has 0 aromatic heterocycles. The van der Waals surface area contributed by atoms with E-state index in [2.05, 4.69) is 125 Å². The highest BCUT2D eigenvalue weighted by molar-refractivity contribution is 5.65. The summed E-state index contributed by atoms with van der Waals surface area (Å²) in [5.74, 6) is 3.50. The highest BCUT2D eigenvalue weighted by Gasteiger charge is 2.22. The second kappa shape index (κ2) is 16.3. The van der Waals surface area contributed by atoms with Gasteiger partial charge in [0.2, 0.25) is 0 Å². The van der Waals surface area contributed by atoms with E-state index in [0.29, 0.717) is 0 Å². The van der Waals surface area contributed by atoms with Crippen molar-refractivity contribution < 1.29 is 0 Å². The third kappa shape index (κ3) is 8.74. The SMILES string of the molecule is CCCC1CCC(c2ccc(-c3ccc(CC)cc3)cc2)CC1.CCc1ccc(-c2ccc(C3CCC(C)CC3)cc2)cc1. The Labute approximate surface area is 269 Å². The molecule has 6 rings (SSSR count). The lowest BCUT2D eigenvalue weighted by Gasteiger charge is -2.28. The highest BCUT2D eigenvalue weighted by Crippen LogP contribution is 2.38. The molecule has 4 aromatic carbocycles. The van der Waals surface area contributed by atoms with Crippen molar-refractivity contribution in [3.63, 3.8) is 0 Å². The predicted octanol–water partition coefficient (Wildman–Crippen LogP) is 13.2. The van der Waals surface area contributed by atoms with Crippen LogP contribution in [0, 0.1) is 11.8 Å². The van der Waals surface area contributed by atoms with Gasteiger partial charge in [-0.1, -0.05) is 150 Å².